The minimum atomic E-state index is -0.619. The lowest BCUT2D eigenvalue weighted by Crippen LogP contribution is -2.58. The Bertz CT molecular complexity index is 195. The fourth-order valence-electron chi connectivity index (χ4n) is 3.18. The van der Waals surface area contributed by atoms with Crippen LogP contribution in [0.2, 0.25) is 0 Å². The van der Waals surface area contributed by atoms with Crippen LogP contribution in [0.5, 0.6) is 0 Å². The zero-order valence-electron chi connectivity index (χ0n) is 10.7. The first kappa shape index (κ1) is 13.3. The number of piperidine rings is 2. The Labute approximate surface area is 104 Å². The third-order valence-corrected chi connectivity index (χ3v) is 4.06. The molecule has 0 amide bonds. The molecule has 2 N–H and O–H groups in total. The Morgan fingerprint density at radius 1 is 0.765 bits per heavy atom. The van der Waals surface area contributed by atoms with E-state index >= 15 is 0 Å². The van der Waals surface area contributed by atoms with Crippen molar-refractivity contribution in [1.82, 2.24) is 9.80 Å². The zero-order valence-corrected chi connectivity index (χ0v) is 10.7. The first-order valence-electron chi connectivity index (χ1n) is 7.10. The summed E-state index contributed by atoms with van der Waals surface area (Å²) in [6, 6.07) is 0. The van der Waals surface area contributed by atoms with Crippen molar-refractivity contribution in [2.75, 3.05) is 32.8 Å². The summed E-state index contributed by atoms with van der Waals surface area (Å²) in [6.45, 7) is 4.14. The van der Waals surface area contributed by atoms with Gasteiger partial charge in [0.2, 0.25) is 0 Å². The molecule has 0 radical (unpaired) electrons. The summed E-state index contributed by atoms with van der Waals surface area (Å²) in [5.41, 5.74) is 0. The van der Waals surface area contributed by atoms with Crippen molar-refractivity contribution < 1.29 is 10.2 Å². The van der Waals surface area contributed by atoms with Crippen molar-refractivity contribution in [3.05, 3.63) is 0 Å². The Balaban J connectivity index is 2.00. The molecule has 0 saturated carbocycles. The lowest BCUT2D eigenvalue weighted by atomic mass is 10.1. The lowest BCUT2D eigenvalue weighted by Gasteiger charge is -2.44. The van der Waals surface area contributed by atoms with Crippen LogP contribution in [0.15, 0.2) is 0 Å². The molecular formula is C13H26N2O2. The number of rotatable bonds is 4. The predicted molar refractivity (Wildman–Crippen MR) is 67.7 cm³/mol. The van der Waals surface area contributed by atoms with Crippen molar-refractivity contribution in [2.45, 2.75) is 50.8 Å². The minimum absolute atomic E-state index is 0.0422. The van der Waals surface area contributed by atoms with E-state index in [9.17, 15) is 10.2 Å². The van der Waals surface area contributed by atoms with Gasteiger partial charge < -0.3 is 10.2 Å². The molecule has 0 aromatic rings. The smallest absolute Gasteiger partial charge is 0.106 e. The first-order chi connectivity index (χ1) is 8.33. The maximum Gasteiger partial charge on any atom is 0.106 e. The highest BCUT2D eigenvalue weighted by Crippen LogP contribution is 2.21. The fourth-order valence-corrected chi connectivity index (χ4v) is 3.18. The topological polar surface area (TPSA) is 46.9 Å². The molecule has 17 heavy (non-hydrogen) atoms. The second-order valence-electron chi connectivity index (χ2n) is 5.36. The molecule has 2 aliphatic heterocycles. The molecule has 2 saturated heterocycles. The van der Waals surface area contributed by atoms with Crippen molar-refractivity contribution in [1.29, 1.82) is 0 Å². The van der Waals surface area contributed by atoms with E-state index in [1.807, 2.05) is 0 Å². The molecule has 0 bridgehead atoms. The van der Waals surface area contributed by atoms with Crippen molar-refractivity contribution >= 4 is 0 Å². The lowest BCUT2D eigenvalue weighted by molar-refractivity contribution is -0.0784. The number of hydrogen-bond acceptors (Lipinski definition) is 4. The van der Waals surface area contributed by atoms with Crippen LogP contribution < -0.4 is 0 Å². The highest BCUT2D eigenvalue weighted by molar-refractivity contribution is 4.83. The van der Waals surface area contributed by atoms with Crippen molar-refractivity contribution in [3.8, 4) is 0 Å². The van der Waals surface area contributed by atoms with E-state index in [1.54, 1.807) is 0 Å². The van der Waals surface area contributed by atoms with Gasteiger partial charge in [0.1, 0.15) is 6.10 Å². The summed E-state index contributed by atoms with van der Waals surface area (Å²) in [5.74, 6) is 0. The summed E-state index contributed by atoms with van der Waals surface area (Å²) in [6.07, 6.45) is 6.93. The molecule has 0 spiro atoms. The van der Waals surface area contributed by atoms with Crippen LogP contribution in [-0.4, -0.2) is 65.1 Å². The van der Waals surface area contributed by atoms with E-state index in [1.165, 1.54) is 38.5 Å². The van der Waals surface area contributed by atoms with Crippen LogP contribution >= 0.6 is 0 Å². The van der Waals surface area contributed by atoms with Gasteiger partial charge in [-0.3, -0.25) is 9.80 Å². The van der Waals surface area contributed by atoms with Crippen LogP contribution in [0.4, 0.5) is 0 Å². The number of aliphatic hydroxyl groups is 2. The zero-order chi connectivity index (χ0) is 12.1. The average Bonchev–Trinajstić information content (AvgIpc) is 2.41. The van der Waals surface area contributed by atoms with Gasteiger partial charge in [0, 0.05) is 0 Å². The van der Waals surface area contributed by atoms with E-state index < -0.39 is 6.10 Å². The molecule has 0 aliphatic carbocycles. The molecule has 0 aromatic heterocycles. The highest BCUT2D eigenvalue weighted by Gasteiger charge is 2.32. The van der Waals surface area contributed by atoms with Gasteiger partial charge in [-0.15, -0.1) is 0 Å². The second-order valence-corrected chi connectivity index (χ2v) is 5.36. The molecule has 2 aliphatic rings. The number of nitrogens with zero attached hydrogens (tertiary/aromatic N) is 2. The molecule has 1 unspecified atom stereocenters. The Kier molecular flexibility index (Phi) is 5.22. The molecular weight excluding hydrogens is 216 g/mol. The summed E-state index contributed by atoms with van der Waals surface area (Å²) in [7, 11) is 0. The van der Waals surface area contributed by atoms with Crippen LogP contribution in [0.1, 0.15) is 38.5 Å². The Morgan fingerprint density at radius 3 is 1.53 bits per heavy atom. The van der Waals surface area contributed by atoms with Gasteiger partial charge in [0.25, 0.3) is 0 Å². The van der Waals surface area contributed by atoms with Crippen LogP contribution in [0.25, 0.3) is 0 Å². The molecule has 4 heteroatoms. The van der Waals surface area contributed by atoms with E-state index in [2.05, 4.69) is 9.80 Å². The molecule has 2 fully saturated rings. The molecule has 4 nitrogen and oxygen atoms in total. The van der Waals surface area contributed by atoms with Gasteiger partial charge in [-0.2, -0.15) is 0 Å². The molecule has 1 atom stereocenters. The predicted octanol–water partition coefficient (Wildman–Crippen LogP) is 0.637. The third kappa shape index (κ3) is 3.41. The van der Waals surface area contributed by atoms with E-state index in [-0.39, 0.29) is 12.8 Å². The van der Waals surface area contributed by atoms with Gasteiger partial charge in [-0.05, 0) is 51.9 Å². The number of hydrogen-bond donors (Lipinski definition) is 2. The normalized spacial score (nSPS) is 26.3. The van der Waals surface area contributed by atoms with Gasteiger partial charge >= 0.3 is 0 Å². The van der Waals surface area contributed by atoms with Gasteiger partial charge in [0.15, 0.2) is 0 Å². The third-order valence-electron chi connectivity index (χ3n) is 4.06. The van der Waals surface area contributed by atoms with Crippen molar-refractivity contribution in [3.63, 3.8) is 0 Å². The first-order valence-corrected chi connectivity index (χ1v) is 7.10. The highest BCUT2D eigenvalue weighted by atomic mass is 16.3. The summed E-state index contributed by atoms with van der Waals surface area (Å²) in [5, 5.41) is 19.4. The quantitative estimate of drug-likeness (QED) is 0.759. The monoisotopic (exact) mass is 242 g/mol. The van der Waals surface area contributed by atoms with Crippen LogP contribution in [0, 0.1) is 0 Å². The number of aliphatic hydroxyl groups excluding tert-OH is 2. The van der Waals surface area contributed by atoms with E-state index in [0.29, 0.717) is 0 Å². The fraction of sp³-hybridized carbons (Fsp3) is 1.00. The van der Waals surface area contributed by atoms with Gasteiger partial charge in [-0.25, -0.2) is 0 Å². The average molecular weight is 242 g/mol. The second kappa shape index (κ2) is 6.69. The summed E-state index contributed by atoms with van der Waals surface area (Å²) in [4.78, 5) is 4.74. The largest absolute Gasteiger partial charge is 0.394 e. The maximum absolute atomic E-state index is 10.1. The standard InChI is InChI=1S/C13H26N2O2/c16-11-12(17)13(14-7-3-1-4-8-14)15-9-5-2-6-10-15/h12-13,16-17H,1-11H2. The van der Waals surface area contributed by atoms with Gasteiger partial charge in [-0.1, -0.05) is 12.8 Å². The SMILES string of the molecule is OCC(O)C(N1CCCCC1)N1CCCCC1. The molecule has 2 rings (SSSR count). The maximum atomic E-state index is 10.1. The van der Waals surface area contributed by atoms with E-state index in [4.69, 9.17) is 0 Å². The van der Waals surface area contributed by atoms with Crippen LogP contribution in [0.3, 0.4) is 0 Å². The van der Waals surface area contributed by atoms with E-state index in [0.717, 1.165) is 26.2 Å². The molecule has 100 valence electrons. The summed E-state index contributed by atoms with van der Waals surface area (Å²) < 4.78 is 0. The number of likely N-dealkylation sites (tertiary alicyclic amines) is 2. The Hall–Kier alpha value is -0.160. The Morgan fingerprint density at radius 2 is 1.18 bits per heavy atom. The summed E-state index contributed by atoms with van der Waals surface area (Å²) >= 11 is 0. The van der Waals surface area contributed by atoms with Crippen LogP contribution in [-0.2, 0) is 0 Å². The van der Waals surface area contributed by atoms with Crippen molar-refractivity contribution in [2.24, 2.45) is 0 Å². The minimum Gasteiger partial charge on any atom is -0.394 e. The van der Waals surface area contributed by atoms with Gasteiger partial charge in [0.05, 0.1) is 12.8 Å². The molecule has 2 heterocycles. The molecule has 0 aromatic carbocycles.